The number of rotatable bonds is 6. The van der Waals surface area contributed by atoms with E-state index in [1.54, 1.807) is 0 Å². The first-order valence-electron chi connectivity index (χ1n) is 9.21. The summed E-state index contributed by atoms with van der Waals surface area (Å²) in [5.74, 6) is 0.995. The van der Waals surface area contributed by atoms with E-state index >= 15 is 0 Å². The molecule has 24 heavy (non-hydrogen) atoms. The van der Waals surface area contributed by atoms with Crippen LogP contribution < -0.4 is 5.32 Å². The lowest BCUT2D eigenvalue weighted by Gasteiger charge is -2.36. The van der Waals surface area contributed by atoms with Crippen LogP contribution in [0.5, 0.6) is 0 Å². The Morgan fingerprint density at radius 3 is 2.25 bits per heavy atom. The topological polar surface area (TPSA) is 65.1 Å². The van der Waals surface area contributed by atoms with Crippen LogP contribution in [0.25, 0.3) is 0 Å². The lowest BCUT2D eigenvalue weighted by Crippen LogP contribution is -2.54. The largest absolute Gasteiger partial charge is 0.379 e. The van der Waals surface area contributed by atoms with Gasteiger partial charge in [-0.25, -0.2) is 0 Å². The Bertz CT molecular complexity index is 441. The molecular formula is C17H30N4O3. The second-order valence-electron chi connectivity index (χ2n) is 7.24. The Morgan fingerprint density at radius 2 is 1.62 bits per heavy atom. The van der Waals surface area contributed by atoms with E-state index in [4.69, 9.17) is 4.74 Å². The SMILES string of the molecule is CC(NC(=O)CN1CCN(C(=O)CN2CCOCC2)CC1)C1CC1. The molecule has 136 valence electrons. The van der Waals surface area contributed by atoms with Crippen molar-refractivity contribution in [3.05, 3.63) is 0 Å². The van der Waals surface area contributed by atoms with Crippen LogP contribution in [0, 0.1) is 5.92 Å². The minimum atomic E-state index is 0.113. The summed E-state index contributed by atoms with van der Waals surface area (Å²) >= 11 is 0. The van der Waals surface area contributed by atoms with E-state index in [9.17, 15) is 9.59 Å². The van der Waals surface area contributed by atoms with Crippen molar-refractivity contribution >= 4 is 11.8 Å². The van der Waals surface area contributed by atoms with Gasteiger partial charge in [0.2, 0.25) is 11.8 Å². The van der Waals surface area contributed by atoms with E-state index in [0.717, 1.165) is 39.4 Å². The molecule has 2 aliphatic heterocycles. The molecule has 0 radical (unpaired) electrons. The molecule has 0 spiro atoms. The van der Waals surface area contributed by atoms with Crippen LogP contribution in [-0.4, -0.2) is 98.1 Å². The molecule has 1 aliphatic carbocycles. The quantitative estimate of drug-likeness (QED) is 0.699. The van der Waals surface area contributed by atoms with Gasteiger partial charge in [0, 0.05) is 45.3 Å². The van der Waals surface area contributed by atoms with E-state index in [2.05, 4.69) is 22.0 Å². The molecule has 0 aromatic carbocycles. The summed E-state index contributed by atoms with van der Waals surface area (Å²) in [5, 5.41) is 3.10. The normalized spacial score (nSPS) is 24.6. The number of piperazine rings is 1. The maximum Gasteiger partial charge on any atom is 0.236 e. The highest BCUT2D eigenvalue weighted by atomic mass is 16.5. The molecule has 1 atom stereocenters. The summed E-state index contributed by atoms with van der Waals surface area (Å²) in [6, 6.07) is 0.300. The van der Waals surface area contributed by atoms with Crippen molar-refractivity contribution < 1.29 is 14.3 Å². The van der Waals surface area contributed by atoms with Gasteiger partial charge in [0.25, 0.3) is 0 Å². The Morgan fingerprint density at radius 1 is 1.00 bits per heavy atom. The second kappa shape index (κ2) is 8.27. The van der Waals surface area contributed by atoms with Crippen LogP contribution in [0.1, 0.15) is 19.8 Å². The number of morpholine rings is 1. The third-order valence-electron chi connectivity index (χ3n) is 5.27. The number of nitrogens with one attached hydrogen (secondary N) is 1. The molecule has 1 N–H and O–H groups in total. The summed E-state index contributed by atoms with van der Waals surface area (Å²) in [6.45, 7) is 9.13. The van der Waals surface area contributed by atoms with Gasteiger partial charge in [0.1, 0.15) is 0 Å². The number of nitrogens with zero attached hydrogens (tertiary/aromatic N) is 3. The van der Waals surface area contributed by atoms with Gasteiger partial charge >= 0.3 is 0 Å². The molecule has 3 aliphatic rings. The number of carbonyl (C=O) groups excluding carboxylic acids is 2. The number of carbonyl (C=O) groups is 2. The third-order valence-corrected chi connectivity index (χ3v) is 5.27. The number of hydrogen-bond acceptors (Lipinski definition) is 5. The smallest absolute Gasteiger partial charge is 0.236 e. The predicted molar refractivity (Wildman–Crippen MR) is 90.6 cm³/mol. The van der Waals surface area contributed by atoms with Gasteiger partial charge < -0.3 is 15.0 Å². The standard InChI is InChI=1S/C17H30N4O3/c1-14(15-2-3-15)18-16(22)12-19-4-6-21(7-5-19)17(23)13-20-8-10-24-11-9-20/h14-15H,2-13H2,1H3,(H,18,22). The second-order valence-corrected chi connectivity index (χ2v) is 7.24. The first kappa shape index (κ1) is 17.6. The van der Waals surface area contributed by atoms with Gasteiger partial charge in [0.15, 0.2) is 0 Å². The molecule has 1 unspecified atom stereocenters. The van der Waals surface area contributed by atoms with Crippen LogP contribution in [0.4, 0.5) is 0 Å². The maximum absolute atomic E-state index is 12.4. The molecule has 7 heteroatoms. The fourth-order valence-corrected chi connectivity index (χ4v) is 3.42. The maximum atomic E-state index is 12.4. The van der Waals surface area contributed by atoms with Gasteiger partial charge in [-0.3, -0.25) is 19.4 Å². The highest BCUT2D eigenvalue weighted by molar-refractivity contribution is 5.79. The van der Waals surface area contributed by atoms with Crippen molar-refractivity contribution in [3.8, 4) is 0 Å². The molecule has 0 aromatic rings. The van der Waals surface area contributed by atoms with E-state index in [1.165, 1.54) is 12.8 Å². The van der Waals surface area contributed by atoms with Crippen molar-refractivity contribution in [1.29, 1.82) is 0 Å². The molecular weight excluding hydrogens is 308 g/mol. The molecule has 2 saturated heterocycles. The molecule has 7 nitrogen and oxygen atoms in total. The molecule has 2 heterocycles. The lowest BCUT2D eigenvalue weighted by atomic mass is 10.2. The Balaban J connectivity index is 1.34. The monoisotopic (exact) mass is 338 g/mol. The minimum absolute atomic E-state index is 0.113. The average molecular weight is 338 g/mol. The van der Waals surface area contributed by atoms with E-state index in [0.29, 0.717) is 38.1 Å². The zero-order chi connectivity index (χ0) is 16.9. The van der Waals surface area contributed by atoms with Crippen molar-refractivity contribution in [1.82, 2.24) is 20.0 Å². The summed E-state index contributed by atoms with van der Waals surface area (Å²) in [5.41, 5.74) is 0. The molecule has 3 fully saturated rings. The van der Waals surface area contributed by atoms with Crippen LogP contribution in [0.15, 0.2) is 0 Å². The molecule has 2 amide bonds. The summed E-state index contributed by atoms with van der Waals surface area (Å²) in [7, 11) is 0. The first-order chi connectivity index (χ1) is 11.6. The van der Waals surface area contributed by atoms with Crippen molar-refractivity contribution in [2.75, 3.05) is 65.6 Å². The third kappa shape index (κ3) is 5.16. The van der Waals surface area contributed by atoms with Gasteiger partial charge in [-0.1, -0.05) is 0 Å². The van der Waals surface area contributed by atoms with E-state index in [-0.39, 0.29) is 11.8 Å². The predicted octanol–water partition coefficient (Wildman–Crippen LogP) is -0.622. The Kier molecular flexibility index (Phi) is 6.08. The van der Waals surface area contributed by atoms with Gasteiger partial charge in [-0.15, -0.1) is 0 Å². The van der Waals surface area contributed by atoms with Crippen LogP contribution in [-0.2, 0) is 14.3 Å². The molecule has 3 rings (SSSR count). The molecule has 1 saturated carbocycles. The van der Waals surface area contributed by atoms with E-state index in [1.807, 2.05) is 4.90 Å². The first-order valence-corrected chi connectivity index (χ1v) is 9.21. The average Bonchev–Trinajstić information content (AvgIpc) is 3.41. The number of hydrogen-bond donors (Lipinski definition) is 1. The molecule has 0 aromatic heterocycles. The van der Waals surface area contributed by atoms with Crippen molar-refractivity contribution in [3.63, 3.8) is 0 Å². The van der Waals surface area contributed by atoms with Gasteiger partial charge in [0.05, 0.1) is 26.3 Å². The van der Waals surface area contributed by atoms with Crippen LogP contribution in [0.2, 0.25) is 0 Å². The number of ether oxygens (including phenoxy) is 1. The number of amides is 2. The van der Waals surface area contributed by atoms with Crippen LogP contribution >= 0.6 is 0 Å². The lowest BCUT2D eigenvalue weighted by molar-refractivity contribution is -0.135. The summed E-state index contributed by atoms with van der Waals surface area (Å²) < 4.78 is 5.31. The summed E-state index contributed by atoms with van der Waals surface area (Å²) in [4.78, 5) is 30.7. The van der Waals surface area contributed by atoms with Crippen LogP contribution in [0.3, 0.4) is 0 Å². The zero-order valence-corrected chi connectivity index (χ0v) is 14.7. The highest BCUT2D eigenvalue weighted by Gasteiger charge is 2.30. The zero-order valence-electron chi connectivity index (χ0n) is 14.7. The summed E-state index contributed by atoms with van der Waals surface area (Å²) in [6.07, 6.45) is 2.48. The van der Waals surface area contributed by atoms with E-state index < -0.39 is 0 Å². The molecule has 0 bridgehead atoms. The van der Waals surface area contributed by atoms with Gasteiger partial charge in [-0.05, 0) is 25.7 Å². The van der Waals surface area contributed by atoms with Crippen molar-refractivity contribution in [2.45, 2.75) is 25.8 Å². The van der Waals surface area contributed by atoms with Gasteiger partial charge in [-0.2, -0.15) is 0 Å². The fourth-order valence-electron chi connectivity index (χ4n) is 3.42. The highest BCUT2D eigenvalue weighted by Crippen LogP contribution is 2.32. The van der Waals surface area contributed by atoms with Crippen molar-refractivity contribution in [2.24, 2.45) is 5.92 Å². The fraction of sp³-hybridized carbons (Fsp3) is 0.882. The Hall–Kier alpha value is -1.18. The Labute approximate surface area is 144 Å². The minimum Gasteiger partial charge on any atom is -0.379 e.